The molecule has 0 saturated heterocycles. The summed E-state index contributed by atoms with van der Waals surface area (Å²) in [6.45, 7) is 2.05. The van der Waals surface area contributed by atoms with Crippen LogP contribution in [0.15, 0.2) is 53.3 Å². The monoisotopic (exact) mass is 308 g/mol. The second-order valence-corrected chi connectivity index (χ2v) is 5.01. The number of carbonyl (C=O) groups is 1. The van der Waals surface area contributed by atoms with Crippen LogP contribution < -0.4 is 4.90 Å². The maximum Gasteiger partial charge on any atom is 0.316 e. The third-order valence-corrected chi connectivity index (χ3v) is 3.59. The van der Waals surface area contributed by atoms with Crippen molar-refractivity contribution in [1.29, 1.82) is 0 Å². The van der Waals surface area contributed by atoms with Gasteiger partial charge in [0.2, 0.25) is 5.82 Å². The van der Waals surface area contributed by atoms with Crippen LogP contribution in [-0.2, 0) is 6.42 Å². The maximum atomic E-state index is 12.6. The molecular formula is C17H16N4O2. The Morgan fingerprint density at radius 3 is 2.65 bits per heavy atom. The summed E-state index contributed by atoms with van der Waals surface area (Å²) >= 11 is 0. The summed E-state index contributed by atoms with van der Waals surface area (Å²) < 4.78 is 5.12. The number of para-hydroxylation sites is 1. The average Bonchev–Trinajstić information content (AvgIpc) is 3.11. The Hall–Kier alpha value is -3.02. The molecule has 116 valence electrons. The zero-order chi connectivity index (χ0) is 16.2. The van der Waals surface area contributed by atoms with E-state index in [1.54, 1.807) is 31.6 Å². The lowest BCUT2D eigenvalue weighted by molar-refractivity contribution is 0.0950. The van der Waals surface area contributed by atoms with Gasteiger partial charge in [-0.15, -0.1) is 0 Å². The lowest BCUT2D eigenvalue weighted by atomic mass is 10.1. The molecule has 3 aromatic rings. The third-order valence-electron chi connectivity index (χ3n) is 3.59. The molecular weight excluding hydrogens is 292 g/mol. The van der Waals surface area contributed by atoms with Crippen molar-refractivity contribution in [2.45, 2.75) is 13.3 Å². The number of hydrogen-bond donors (Lipinski definition) is 0. The van der Waals surface area contributed by atoms with E-state index in [2.05, 4.69) is 15.1 Å². The van der Waals surface area contributed by atoms with Crippen molar-refractivity contribution < 1.29 is 9.32 Å². The number of nitrogens with zero attached hydrogens (tertiary/aromatic N) is 4. The number of benzene rings is 1. The van der Waals surface area contributed by atoms with Crippen molar-refractivity contribution in [1.82, 2.24) is 15.1 Å². The molecule has 23 heavy (non-hydrogen) atoms. The molecule has 0 aliphatic rings. The van der Waals surface area contributed by atoms with Gasteiger partial charge in [0, 0.05) is 30.7 Å². The Kier molecular flexibility index (Phi) is 4.14. The highest BCUT2D eigenvalue weighted by molar-refractivity contribution is 6.03. The van der Waals surface area contributed by atoms with Crippen LogP contribution in [0.5, 0.6) is 0 Å². The largest absolute Gasteiger partial charge is 0.328 e. The summed E-state index contributed by atoms with van der Waals surface area (Å²) in [5.74, 6) is -0.00292. The molecule has 0 saturated carbocycles. The molecule has 2 aromatic heterocycles. The molecule has 0 unspecified atom stereocenters. The molecule has 0 spiro atoms. The minimum absolute atomic E-state index is 0.0368. The van der Waals surface area contributed by atoms with E-state index >= 15 is 0 Å². The topological polar surface area (TPSA) is 72.1 Å². The summed E-state index contributed by atoms with van der Waals surface area (Å²) in [6.07, 6.45) is 4.10. The summed E-state index contributed by atoms with van der Waals surface area (Å²) in [6, 6.07) is 11.3. The number of aryl methyl sites for hydroxylation is 1. The summed E-state index contributed by atoms with van der Waals surface area (Å²) in [4.78, 5) is 22.2. The van der Waals surface area contributed by atoms with Crippen LogP contribution in [0.25, 0.3) is 11.4 Å². The van der Waals surface area contributed by atoms with Crippen LogP contribution in [0, 0.1) is 0 Å². The van der Waals surface area contributed by atoms with Crippen molar-refractivity contribution >= 4 is 11.6 Å². The maximum absolute atomic E-state index is 12.6. The molecule has 2 heterocycles. The lowest BCUT2D eigenvalue weighted by Gasteiger charge is -2.18. The van der Waals surface area contributed by atoms with Crippen LogP contribution in [0.1, 0.15) is 23.2 Å². The molecule has 0 bridgehead atoms. The smallest absolute Gasteiger partial charge is 0.316 e. The highest BCUT2D eigenvalue weighted by atomic mass is 16.5. The summed E-state index contributed by atoms with van der Waals surface area (Å²) in [5.41, 5.74) is 2.67. The van der Waals surface area contributed by atoms with E-state index in [0.29, 0.717) is 5.82 Å². The Morgan fingerprint density at radius 1 is 1.17 bits per heavy atom. The van der Waals surface area contributed by atoms with Crippen molar-refractivity contribution in [2.75, 3.05) is 11.9 Å². The zero-order valence-corrected chi connectivity index (χ0v) is 12.9. The molecule has 6 nitrogen and oxygen atoms in total. The SMILES string of the molecule is CCc1ccccc1N(C)C(=O)c1nc(-c2ccncc2)no1. The fraction of sp³-hybridized carbons (Fsp3) is 0.176. The minimum atomic E-state index is -0.335. The Balaban J connectivity index is 1.87. The number of aromatic nitrogens is 3. The van der Waals surface area contributed by atoms with Crippen molar-refractivity contribution in [2.24, 2.45) is 0 Å². The van der Waals surface area contributed by atoms with Crippen LogP contribution in [-0.4, -0.2) is 28.1 Å². The highest BCUT2D eigenvalue weighted by Gasteiger charge is 2.22. The number of pyridine rings is 1. The van der Waals surface area contributed by atoms with E-state index in [4.69, 9.17) is 4.52 Å². The standard InChI is InChI=1S/C17H16N4O2/c1-3-12-6-4-5-7-14(12)21(2)17(22)16-19-15(20-23-16)13-8-10-18-11-9-13/h4-11H,3H2,1-2H3. The van der Waals surface area contributed by atoms with Crippen LogP contribution >= 0.6 is 0 Å². The van der Waals surface area contributed by atoms with Gasteiger partial charge in [0.1, 0.15) is 0 Å². The predicted octanol–water partition coefficient (Wildman–Crippen LogP) is 2.97. The molecule has 6 heteroatoms. The molecule has 0 atom stereocenters. The van der Waals surface area contributed by atoms with E-state index in [9.17, 15) is 4.79 Å². The molecule has 0 aliphatic carbocycles. The van der Waals surface area contributed by atoms with Gasteiger partial charge in [0.05, 0.1) is 0 Å². The van der Waals surface area contributed by atoms with Gasteiger partial charge >= 0.3 is 11.8 Å². The first-order valence-electron chi connectivity index (χ1n) is 7.30. The highest BCUT2D eigenvalue weighted by Crippen LogP contribution is 2.22. The summed E-state index contributed by atoms with van der Waals surface area (Å²) in [7, 11) is 1.70. The Bertz CT molecular complexity index is 814. The van der Waals surface area contributed by atoms with E-state index in [-0.39, 0.29) is 11.8 Å². The van der Waals surface area contributed by atoms with Gasteiger partial charge in [-0.25, -0.2) is 0 Å². The van der Waals surface area contributed by atoms with E-state index < -0.39 is 0 Å². The van der Waals surface area contributed by atoms with Crippen LogP contribution in [0.4, 0.5) is 5.69 Å². The Morgan fingerprint density at radius 2 is 1.91 bits per heavy atom. The number of amides is 1. The number of rotatable bonds is 4. The van der Waals surface area contributed by atoms with E-state index in [1.807, 2.05) is 31.2 Å². The first kappa shape index (κ1) is 14.9. The minimum Gasteiger partial charge on any atom is -0.328 e. The van der Waals surface area contributed by atoms with Crippen LogP contribution in [0.3, 0.4) is 0 Å². The number of carbonyl (C=O) groups excluding carboxylic acids is 1. The molecule has 1 aromatic carbocycles. The molecule has 0 N–H and O–H groups in total. The van der Waals surface area contributed by atoms with Crippen molar-refractivity contribution in [3.05, 3.63) is 60.2 Å². The Labute approximate surface area is 133 Å². The van der Waals surface area contributed by atoms with Crippen LogP contribution in [0.2, 0.25) is 0 Å². The average molecular weight is 308 g/mol. The first-order valence-corrected chi connectivity index (χ1v) is 7.30. The van der Waals surface area contributed by atoms with E-state index in [1.165, 1.54) is 4.90 Å². The number of hydrogen-bond acceptors (Lipinski definition) is 5. The van der Waals surface area contributed by atoms with Gasteiger partial charge in [-0.1, -0.05) is 30.3 Å². The zero-order valence-electron chi connectivity index (χ0n) is 12.9. The summed E-state index contributed by atoms with van der Waals surface area (Å²) in [5, 5.41) is 3.86. The lowest BCUT2D eigenvalue weighted by Crippen LogP contribution is -2.27. The van der Waals surface area contributed by atoms with Gasteiger partial charge in [-0.2, -0.15) is 4.98 Å². The fourth-order valence-electron chi connectivity index (χ4n) is 2.32. The third kappa shape index (κ3) is 2.96. The first-order chi connectivity index (χ1) is 11.2. The van der Waals surface area contributed by atoms with Gasteiger partial charge < -0.3 is 9.42 Å². The second-order valence-electron chi connectivity index (χ2n) is 5.01. The predicted molar refractivity (Wildman–Crippen MR) is 86.1 cm³/mol. The van der Waals surface area contributed by atoms with Gasteiger partial charge in [-0.3, -0.25) is 9.78 Å². The van der Waals surface area contributed by atoms with Gasteiger partial charge in [-0.05, 0) is 30.2 Å². The normalized spacial score (nSPS) is 10.5. The molecule has 0 aliphatic heterocycles. The molecule has 0 radical (unpaired) electrons. The van der Waals surface area contributed by atoms with Gasteiger partial charge in [0.15, 0.2) is 0 Å². The molecule has 1 amide bonds. The van der Waals surface area contributed by atoms with Gasteiger partial charge in [0.25, 0.3) is 0 Å². The van der Waals surface area contributed by atoms with Crippen molar-refractivity contribution in [3.63, 3.8) is 0 Å². The fourth-order valence-corrected chi connectivity index (χ4v) is 2.32. The molecule has 3 rings (SSSR count). The molecule has 0 fully saturated rings. The van der Waals surface area contributed by atoms with Crippen molar-refractivity contribution in [3.8, 4) is 11.4 Å². The number of anilines is 1. The second kappa shape index (κ2) is 6.39. The quantitative estimate of drug-likeness (QED) is 0.741. The van der Waals surface area contributed by atoms with E-state index in [0.717, 1.165) is 23.2 Å².